The highest BCUT2D eigenvalue weighted by Crippen LogP contribution is 2.18. The lowest BCUT2D eigenvalue weighted by molar-refractivity contribution is 0.0603. The van der Waals surface area contributed by atoms with Crippen LogP contribution in [-0.2, 0) is 6.54 Å². The number of piperazine rings is 1. The minimum Gasteiger partial charge on any atom is -0.395 e. The summed E-state index contributed by atoms with van der Waals surface area (Å²) in [4.78, 5) is 16.8. The van der Waals surface area contributed by atoms with Crippen LogP contribution in [0.5, 0.6) is 0 Å². The SMILES string of the molecule is CC[C@@H](CO)N1CCN(Cc2cc(C)nc(N3CCCCC3)n2)CC1. The van der Waals surface area contributed by atoms with Gasteiger partial charge in [0.15, 0.2) is 0 Å². The molecule has 2 aliphatic rings. The van der Waals surface area contributed by atoms with Gasteiger partial charge in [0.05, 0.1) is 12.3 Å². The van der Waals surface area contributed by atoms with Crippen molar-refractivity contribution in [2.45, 2.75) is 52.1 Å². The van der Waals surface area contributed by atoms with Gasteiger partial charge in [0.1, 0.15) is 0 Å². The first kappa shape index (κ1) is 18.5. The number of hydrogen-bond acceptors (Lipinski definition) is 6. The van der Waals surface area contributed by atoms with Gasteiger partial charge in [-0.05, 0) is 38.7 Å². The molecule has 0 radical (unpaired) electrons. The predicted molar refractivity (Wildman–Crippen MR) is 101 cm³/mol. The van der Waals surface area contributed by atoms with Crippen molar-refractivity contribution in [1.29, 1.82) is 0 Å². The van der Waals surface area contributed by atoms with E-state index in [1.807, 2.05) is 0 Å². The molecule has 0 amide bonds. The maximum atomic E-state index is 9.49. The smallest absolute Gasteiger partial charge is 0.225 e. The Hall–Kier alpha value is -1.24. The summed E-state index contributed by atoms with van der Waals surface area (Å²) in [6.45, 7) is 11.7. The fraction of sp³-hybridized carbons (Fsp3) is 0.789. The number of aliphatic hydroxyl groups excluding tert-OH is 1. The number of nitrogens with zero attached hydrogens (tertiary/aromatic N) is 5. The largest absolute Gasteiger partial charge is 0.395 e. The highest BCUT2D eigenvalue weighted by atomic mass is 16.3. The van der Waals surface area contributed by atoms with E-state index in [9.17, 15) is 5.11 Å². The van der Waals surface area contributed by atoms with Gasteiger partial charge in [-0.2, -0.15) is 0 Å². The number of aryl methyl sites for hydroxylation is 1. The van der Waals surface area contributed by atoms with E-state index in [0.717, 1.165) is 69.6 Å². The number of aromatic nitrogens is 2. The highest BCUT2D eigenvalue weighted by Gasteiger charge is 2.23. The summed E-state index contributed by atoms with van der Waals surface area (Å²) in [5.74, 6) is 0.916. The molecule has 0 spiro atoms. The zero-order valence-electron chi connectivity index (χ0n) is 15.8. The van der Waals surface area contributed by atoms with E-state index in [2.05, 4.69) is 39.6 Å². The van der Waals surface area contributed by atoms with Crippen molar-refractivity contribution in [3.63, 3.8) is 0 Å². The Labute approximate surface area is 151 Å². The van der Waals surface area contributed by atoms with Crippen molar-refractivity contribution in [2.24, 2.45) is 0 Å². The fourth-order valence-corrected chi connectivity index (χ4v) is 3.95. The first-order valence-corrected chi connectivity index (χ1v) is 9.86. The van der Waals surface area contributed by atoms with Crippen LogP contribution in [0.4, 0.5) is 5.95 Å². The lowest BCUT2D eigenvalue weighted by atomic mass is 10.1. The number of anilines is 1. The molecule has 140 valence electrons. The van der Waals surface area contributed by atoms with Crippen molar-refractivity contribution < 1.29 is 5.11 Å². The molecule has 25 heavy (non-hydrogen) atoms. The summed E-state index contributed by atoms with van der Waals surface area (Å²) in [5, 5.41) is 9.49. The molecule has 6 heteroatoms. The van der Waals surface area contributed by atoms with Crippen LogP contribution in [-0.4, -0.2) is 76.8 Å². The van der Waals surface area contributed by atoms with Gasteiger partial charge in [-0.15, -0.1) is 0 Å². The molecule has 2 saturated heterocycles. The first-order valence-electron chi connectivity index (χ1n) is 9.86. The van der Waals surface area contributed by atoms with Crippen molar-refractivity contribution >= 4 is 5.95 Å². The van der Waals surface area contributed by atoms with Gasteiger partial charge < -0.3 is 10.0 Å². The second kappa shape index (κ2) is 8.92. The van der Waals surface area contributed by atoms with Gasteiger partial charge in [-0.3, -0.25) is 9.80 Å². The Balaban J connectivity index is 1.59. The van der Waals surface area contributed by atoms with Gasteiger partial charge >= 0.3 is 0 Å². The van der Waals surface area contributed by atoms with Crippen LogP contribution in [0.1, 0.15) is 44.0 Å². The van der Waals surface area contributed by atoms with Crippen LogP contribution >= 0.6 is 0 Å². The molecule has 1 atom stereocenters. The quantitative estimate of drug-likeness (QED) is 0.845. The Bertz CT molecular complexity index is 535. The molecule has 0 unspecified atom stereocenters. The van der Waals surface area contributed by atoms with E-state index in [0.29, 0.717) is 6.04 Å². The van der Waals surface area contributed by atoms with Crippen molar-refractivity contribution in [1.82, 2.24) is 19.8 Å². The molecule has 0 bridgehead atoms. The Morgan fingerprint density at radius 3 is 2.40 bits per heavy atom. The van der Waals surface area contributed by atoms with Crippen LogP contribution in [0.25, 0.3) is 0 Å². The molecule has 1 N–H and O–H groups in total. The minimum atomic E-state index is 0.265. The maximum Gasteiger partial charge on any atom is 0.225 e. The third kappa shape index (κ3) is 4.90. The predicted octanol–water partition coefficient (Wildman–Crippen LogP) is 1.66. The Kier molecular flexibility index (Phi) is 6.62. The Morgan fingerprint density at radius 2 is 1.76 bits per heavy atom. The lowest BCUT2D eigenvalue weighted by Gasteiger charge is -2.38. The monoisotopic (exact) mass is 347 g/mol. The summed E-state index contributed by atoms with van der Waals surface area (Å²) < 4.78 is 0. The van der Waals surface area contributed by atoms with Gasteiger partial charge in [0.2, 0.25) is 5.95 Å². The first-order chi connectivity index (χ1) is 12.2. The van der Waals surface area contributed by atoms with Crippen LogP contribution in [0.15, 0.2) is 6.07 Å². The van der Waals surface area contributed by atoms with E-state index in [1.54, 1.807) is 0 Å². The van der Waals surface area contributed by atoms with E-state index in [1.165, 1.54) is 19.3 Å². The Morgan fingerprint density at radius 1 is 1.04 bits per heavy atom. The molecule has 3 rings (SSSR count). The minimum absolute atomic E-state index is 0.265. The number of hydrogen-bond donors (Lipinski definition) is 1. The molecule has 3 heterocycles. The average molecular weight is 348 g/mol. The molecule has 1 aromatic rings. The maximum absolute atomic E-state index is 9.49. The van der Waals surface area contributed by atoms with E-state index < -0.39 is 0 Å². The summed E-state index contributed by atoms with van der Waals surface area (Å²) >= 11 is 0. The molecular formula is C19H33N5O. The molecular weight excluding hydrogens is 314 g/mol. The van der Waals surface area contributed by atoms with Gasteiger partial charge in [-0.25, -0.2) is 9.97 Å². The molecule has 2 aliphatic heterocycles. The van der Waals surface area contributed by atoms with Gasteiger partial charge in [-0.1, -0.05) is 6.92 Å². The zero-order valence-corrected chi connectivity index (χ0v) is 15.8. The highest BCUT2D eigenvalue weighted by molar-refractivity contribution is 5.32. The number of rotatable bonds is 6. The van der Waals surface area contributed by atoms with Crippen LogP contribution < -0.4 is 4.90 Å². The normalized spacial score (nSPS) is 21.5. The molecule has 6 nitrogen and oxygen atoms in total. The topological polar surface area (TPSA) is 55.7 Å². The zero-order chi connectivity index (χ0) is 17.6. The molecule has 0 aliphatic carbocycles. The third-order valence-corrected chi connectivity index (χ3v) is 5.53. The van der Waals surface area contributed by atoms with E-state index >= 15 is 0 Å². The van der Waals surface area contributed by atoms with Gasteiger partial charge in [0, 0.05) is 57.5 Å². The van der Waals surface area contributed by atoms with Gasteiger partial charge in [0.25, 0.3) is 0 Å². The average Bonchev–Trinajstić information content (AvgIpc) is 2.64. The third-order valence-electron chi connectivity index (χ3n) is 5.53. The van der Waals surface area contributed by atoms with Crippen LogP contribution in [0.3, 0.4) is 0 Å². The van der Waals surface area contributed by atoms with Crippen LogP contribution in [0, 0.1) is 6.92 Å². The molecule has 1 aromatic heterocycles. The van der Waals surface area contributed by atoms with Crippen molar-refractivity contribution in [3.05, 3.63) is 17.5 Å². The summed E-state index contributed by atoms with van der Waals surface area (Å²) in [5.41, 5.74) is 2.20. The molecule has 0 saturated carbocycles. The van der Waals surface area contributed by atoms with E-state index in [4.69, 9.17) is 4.98 Å². The van der Waals surface area contributed by atoms with Crippen LogP contribution in [0.2, 0.25) is 0 Å². The fourth-order valence-electron chi connectivity index (χ4n) is 3.95. The summed E-state index contributed by atoms with van der Waals surface area (Å²) in [7, 11) is 0. The van der Waals surface area contributed by atoms with E-state index in [-0.39, 0.29) is 6.61 Å². The van der Waals surface area contributed by atoms with Crippen molar-refractivity contribution in [2.75, 3.05) is 50.8 Å². The second-order valence-electron chi connectivity index (χ2n) is 7.41. The summed E-state index contributed by atoms with van der Waals surface area (Å²) in [6, 6.07) is 2.44. The summed E-state index contributed by atoms with van der Waals surface area (Å²) in [6.07, 6.45) is 4.84. The number of piperidine rings is 1. The second-order valence-corrected chi connectivity index (χ2v) is 7.41. The lowest BCUT2D eigenvalue weighted by Crippen LogP contribution is -2.50. The molecule has 0 aromatic carbocycles. The molecule has 2 fully saturated rings. The number of aliphatic hydroxyl groups is 1. The standard InChI is InChI=1S/C19H33N5O/c1-3-18(15-25)23-11-9-22(10-12-23)14-17-13-16(2)20-19(21-17)24-7-5-4-6-8-24/h13,18,25H,3-12,14-15H2,1-2H3/t18-/m0/s1. The van der Waals surface area contributed by atoms with Crippen molar-refractivity contribution in [3.8, 4) is 0 Å².